The number of morpholine rings is 1. The smallest absolute Gasteiger partial charge is 0.0594 e. The Kier molecular flexibility index (Phi) is 3.61. The number of thiophene rings is 1. The van der Waals surface area contributed by atoms with Crippen molar-refractivity contribution in [3.05, 3.63) is 34.7 Å². The number of nitrogens with two attached hydrogens (primary N) is 1. The van der Waals surface area contributed by atoms with Gasteiger partial charge in [-0.3, -0.25) is 4.90 Å². The molecule has 0 saturated carbocycles. The maximum atomic E-state index is 5.68. The minimum Gasteiger partial charge on any atom is -0.379 e. The van der Waals surface area contributed by atoms with Gasteiger partial charge < -0.3 is 10.5 Å². The first-order chi connectivity index (χ1) is 8.85. The van der Waals surface area contributed by atoms with Crippen LogP contribution in [0.15, 0.2) is 24.3 Å². The highest BCUT2D eigenvalue weighted by molar-refractivity contribution is 7.19. The van der Waals surface area contributed by atoms with E-state index >= 15 is 0 Å². The fraction of sp³-hybridized carbons (Fsp3) is 0.429. The number of hydrogen-bond acceptors (Lipinski definition) is 4. The maximum absolute atomic E-state index is 5.68. The first kappa shape index (κ1) is 12.1. The number of benzene rings is 1. The van der Waals surface area contributed by atoms with Gasteiger partial charge in [0.2, 0.25) is 0 Å². The molecule has 1 aromatic carbocycles. The third-order valence-corrected chi connectivity index (χ3v) is 4.44. The molecule has 96 valence electrons. The van der Waals surface area contributed by atoms with Gasteiger partial charge in [-0.25, -0.2) is 0 Å². The summed E-state index contributed by atoms with van der Waals surface area (Å²) >= 11 is 1.88. The zero-order valence-electron chi connectivity index (χ0n) is 10.4. The SMILES string of the molecule is NCc1ccc2cc(CN3CCOCC3)sc2c1. The Morgan fingerprint density at radius 2 is 2.06 bits per heavy atom. The van der Waals surface area contributed by atoms with Gasteiger partial charge in [0, 0.05) is 35.8 Å². The molecule has 1 aliphatic rings. The summed E-state index contributed by atoms with van der Waals surface area (Å²) < 4.78 is 6.72. The monoisotopic (exact) mass is 262 g/mol. The highest BCUT2D eigenvalue weighted by atomic mass is 32.1. The van der Waals surface area contributed by atoms with Gasteiger partial charge >= 0.3 is 0 Å². The van der Waals surface area contributed by atoms with Crippen LogP contribution in [0.2, 0.25) is 0 Å². The zero-order chi connectivity index (χ0) is 12.4. The summed E-state index contributed by atoms with van der Waals surface area (Å²) in [5.41, 5.74) is 6.89. The molecule has 18 heavy (non-hydrogen) atoms. The Hall–Kier alpha value is -0.940. The second-order valence-electron chi connectivity index (χ2n) is 4.68. The summed E-state index contributed by atoms with van der Waals surface area (Å²) in [5, 5.41) is 1.33. The molecule has 3 rings (SSSR count). The van der Waals surface area contributed by atoms with Gasteiger partial charge in [-0.05, 0) is 23.1 Å². The summed E-state index contributed by atoms with van der Waals surface area (Å²) in [6, 6.07) is 8.81. The van der Waals surface area contributed by atoms with Crippen molar-refractivity contribution in [1.82, 2.24) is 4.90 Å². The lowest BCUT2D eigenvalue weighted by Gasteiger charge is -2.25. The Balaban J connectivity index is 1.79. The molecule has 1 saturated heterocycles. The predicted molar refractivity (Wildman–Crippen MR) is 75.8 cm³/mol. The number of rotatable bonds is 3. The van der Waals surface area contributed by atoms with Crippen LogP contribution in [0.5, 0.6) is 0 Å². The lowest BCUT2D eigenvalue weighted by atomic mass is 10.2. The molecule has 0 radical (unpaired) electrons. The summed E-state index contributed by atoms with van der Waals surface area (Å²) in [6.45, 7) is 5.47. The summed E-state index contributed by atoms with van der Waals surface area (Å²) in [7, 11) is 0. The fourth-order valence-electron chi connectivity index (χ4n) is 2.32. The van der Waals surface area contributed by atoms with E-state index in [0.717, 1.165) is 32.8 Å². The fourth-order valence-corrected chi connectivity index (χ4v) is 3.49. The van der Waals surface area contributed by atoms with Crippen LogP contribution in [0.1, 0.15) is 10.4 Å². The van der Waals surface area contributed by atoms with E-state index in [4.69, 9.17) is 10.5 Å². The molecule has 0 unspecified atom stereocenters. The number of fused-ring (bicyclic) bond motifs is 1. The molecule has 0 atom stereocenters. The van der Waals surface area contributed by atoms with Crippen molar-refractivity contribution in [3.8, 4) is 0 Å². The summed E-state index contributed by atoms with van der Waals surface area (Å²) in [5.74, 6) is 0. The zero-order valence-corrected chi connectivity index (χ0v) is 11.2. The lowest BCUT2D eigenvalue weighted by molar-refractivity contribution is 0.0346. The van der Waals surface area contributed by atoms with Crippen molar-refractivity contribution in [2.24, 2.45) is 5.73 Å². The van der Waals surface area contributed by atoms with Crippen LogP contribution in [0.25, 0.3) is 10.1 Å². The first-order valence-electron chi connectivity index (χ1n) is 6.37. The molecule has 1 aliphatic heterocycles. The molecule has 1 aromatic heterocycles. The molecular weight excluding hydrogens is 244 g/mol. The van der Waals surface area contributed by atoms with Crippen LogP contribution in [0, 0.1) is 0 Å². The molecule has 2 N–H and O–H groups in total. The summed E-state index contributed by atoms with van der Waals surface area (Å²) in [6.07, 6.45) is 0. The summed E-state index contributed by atoms with van der Waals surface area (Å²) in [4.78, 5) is 3.89. The second kappa shape index (κ2) is 5.36. The predicted octanol–water partition coefficient (Wildman–Crippen LogP) is 2.19. The molecule has 0 amide bonds. The molecule has 4 heteroatoms. The Morgan fingerprint density at radius 3 is 2.83 bits per heavy atom. The molecule has 3 nitrogen and oxygen atoms in total. The Bertz CT molecular complexity index is 532. The Labute approximate surface area is 111 Å². The van der Waals surface area contributed by atoms with Crippen LogP contribution in [0.4, 0.5) is 0 Å². The molecule has 1 fully saturated rings. The number of nitrogens with zero attached hydrogens (tertiary/aromatic N) is 1. The van der Waals surface area contributed by atoms with Gasteiger partial charge in [0.25, 0.3) is 0 Å². The average molecular weight is 262 g/mol. The van der Waals surface area contributed by atoms with E-state index in [0.29, 0.717) is 6.54 Å². The van der Waals surface area contributed by atoms with Crippen molar-refractivity contribution in [3.63, 3.8) is 0 Å². The third kappa shape index (κ3) is 2.57. The van der Waals surface area contributed by atoms with E-state index in [1.807, 2.05) is 11.3 Å². The van der Waals surface area contributed by atoms with E-state index in [1.165, 1.54) is 20.5 Å². The van der Waals surface area contributed by atoms with Gasteiger partial charge in [0.1, 0.15) is 0 Å². The minimum absolute atomic E-state index is 0.618. The molecule has 2 heterocycles. The second-order valence-corrected chi connectivity index (χ2v) is 5.85. The van der Waals surface area contributed by atoms with Crippen molar-refractivity contribution in [1.29, 1.82) is 0 Å². The van der Waals surface area contributed by atoms with Crippen LogP contribution in [-0.4, -0.2) is 31.2 Å². The minimum atomic E-state index is 0.618. The van der Waals surface area contributed by atoms with Gasteiger partial charge in [-0.2, -0.15) is 0 Å². The molecule has 0 aliphatic carbocycles. The van der Waals surface area contributed by atoms with Crippen LogP contribution < -0.4 is 5.73 Å². The van der Waals surface area contributed by atoms with Crippen LogP contribution in [0.3, 0.4) is 0 Å². The molecule has 0 bridgehead atoms. The van der Waals surface area contributed by atoms with Crippen LogP contribution >= 0.6 is 11.3 Å². The van der Waals surface area contributed by atoms with E-state index < -0.39 is 0 Å². The number of hydrogen-bond donors (Lipinski definition) is 1. The van der Waals surface area contributed by atoms with Crippen molar-refractivity contribution in [2.75, 3.05) is 26.3 Å². The van der Waals surface area contributed by atoms with Gasteiger partial charge in [-0.15, -0.1) is 11.3 Å². The van der Waals surface area contributed by atoms with Crippen molar-refractivity contribution >= 4 is 21.4 Å². The van der Waals surface area contributed by atoms with E-state index in [2.05, 4.69) is 29.2 Å². The van der Waals surface area contributed by atoms with Crippen molar-refractivity contribution < 1.29 is 4.74 Å². The highest BCUT2D eigenvalue weighted by Crippen LogP contribution is 2.27. The standard InChI is InChI=1S/C14H18N2OS/c15-9-11-1-2-12-8-13(18-14(12)7-11)10-16-3-5-17-6-4-16/h1-2,7-8H,3-6,9-10,15H2. The van der Waals surface area contributed by atoms with Gasteiger partial charge in [0.15, 0.2) is 0 Å². The average Bonchev–Trinajstić information content (AvgIpc) is 2.80. The number of ether oxygens (including phenoxy) is 1. The quantitative estimate of drug-likeness (QED) is 0.921. The van der Waals surface area contributed by atoms with E-state index in [9.17, 15) is 0 Å². The molecule has 0 spiro atoms. The van der Waals surface area contributed by atoms with Crippen molar-refractivity contribution in [2.45, 2.75) is 13.1 Å². The van der Waals surface area contributed by atoms with E-state index in [-0.39, 0.29) is 0 Å². The largest absolute Gasteiger partial charge is 0.379 e. The van der Waals surface area contributed by atoms with Crippen LogP contribution in [-0.2, 0) is 17.8 Å². The highest BCUT2D eigenvalue weighted by Gasteiger charge is 2.12. The topological polar surface area (TPSA) is 38.5 Å². The van der Waals surface area contributed by atoms with E-state index in [1.54, 1.807) is 0 Å². The van der Waals surface area contributed by atoms with Gasteiger partial charge in [0.05, 0.1) is 13.2 Å². The molecular formula is C14H18N2OS. The first-order valence-corrected chi connectivity index (χ1v) is 7.18. The normalized spacial score (nSPS) is 17.4. The lowest BCUT2D eigenvalue weighted by Crippen LogP contribution is -2.35. The Morgan fingerprint density at radius 1 is 1.22 bits per heavy atom. The van der Waals surface area contributed by atoms with Gasteiger partial charge in [-0.1, -0.05) is 12.1 Å². The third-order valence-electron chi connectivity index (χ3n) is 3.35. The molecule has 2 aromatic rings. The maximum Gasteiger partial charge on any atom is 0.0594 e.